The molecule has 0 aromatic heterocycles. The lowest BCUT2D eigenvalue weighted by Crippen LogP contribution is -2.36. The highest BCUT2D eigenvalue weighted by Gasteiger charge is 2.31. The number of methoxy groups -OCH3 is 1. The van der Waals surface area contributed by atoms with Crippen LogP contribution in [0.1, 0.15) is 67.7 Å². The van der Waals surface area contributed by atoms with Gasteiger partial charge in [0, 0.05) is 19.0 Å². The summed E-state index contributed by atoms with van der Waals surface area (Å²) in [6.07, 6.45) is 5.22. The maximum Gasteiger partial charge on any atom is 0.315 e. The number of aryl methyl sites for hydroxylation is 1. The smallest absolute Gasteiger partial charge is 0.315 e. The summed E-state index contributed by atoms with van der Waals surface area (Å²) in [7, 11) is 1.43. The molecule has 0 unspecified atom stereocenters. The Hall–Kier alpha value is -3.15. The van der Waals surface area contributed by atoms with Crippen molar-refractivity contribution in [3.8, 4) is 5.75 Å². The highest BCUT2D eigenvalue weighted by Crippen LogP contribution is 2.38. The van der Waals surface area contributed by atoms with Gasteiger partial charge in [0.25, 0.3) is 0 Å². The van der Waals surface area contributed by atoms with Crippen molar-refractivity contribution in [2.24, 2.45) is 5.92 Å². The van der Waals surface area contributed by atoms with Crippen molar-refractivity contribution in [1.29, 1.82) is 0 Å². The molecule has 1 atom stereocenters. The summed E-state index contributed by atoms with van der Waals surface area (Å²) in [5.74, 6) is 0.947. The molecule has 3 aromatic carbocycles. The van der Waals surface area contributed by atoms with E-state index in [1.165, 1.54) is 23.8 Å². The van der Waals surface area contributed by atoms with E-state index in [0.29, 0.717) is 17.6 Å². The van der Waals surface area contributed by atoms with Crippen LogP contribution in [0.5, 0.6) is 5.75 Å². The average molecular weight is 516 g/mol. The molecule has 3 aromatic rings. The van der Waals surface area contributed by atoms with Crippen molar-refractivity contribution >= 4 is 5.97 Å². The predicted molar refractivity (Wildman–Crippen MR) is 151 cm³/mol. The number of hydrogen-bond donors (Lipinski definition) is 1. The molecule has 1 aliphatic rings. The molecular weight excluding hydrogens is 474 g/mol. The van der Waals surface area contributed by atoms with E-state index < -0.39 is 5.41 Å². The number of hydrogen-bond acceptors (Lipinski definition) is 5. The van der Waals surface area contributed by atoms with Crippen LogP contribution in [0.3, 0.4) is 0 Å². The van der Waals surface area contributed by atoms with Gasteiger partial charge >= 0.3 is 5.97 Å². The number of benzene rings is 3. The number of piperidine rings is 1. The van der Waals surface area contributed by atoms with E-state index in [1.807, 2.05) is 26.0 Å². The largest absolute Gasteiger partial charge is 0.508 e. The summed E-state index contributed by atoms with van der Waals surface area (Å²) in [6, 6.07) is 26.7. The van der Waals surface area contributed by atoms with Gasteiger partial charge in [-0.3, -0.25) is 9.63 Å². The van der Waals surface area contributed by atoms with Crippen molar-refractivity contribution in [2.45, 2.75) is 57.3 Å². The van der Waals surface area contributed by atoms with Gasteiger partial charge in [-0.1, -0.05) is 66.7 Å². The van der Waals surface area contributed by atoms with Gasteiger partial charge in [0.1, 0.15) is 5.75 Å². The molecule has 0 radical (unpaired) electrons. The highest BCUT2D eigenvalue weighted by atomic mass is 16.7. The van der Waals surface area contributed by atoms with E-state index in [-0.39, 0.29) is 5.97 Å². The number of aromatic hydroxyl groups is 1. The molecule has 0 spiro atoms. The first-order valence-corrected chi connectivity index (χ1v) is 13.8. The number of ether oxygens (including phenoxy) is 1. The van der Waals surface area contributed by atoms with Crippen molar-refractivity contribution in [2.75, 3.05) is 26.8 Å². The number of unbranched alkanes of at least 4 members (excludes halogenated alkanes) is 1. The Kier molecular flexibility index (Phi) is 9.59. The molecule has 0 bridgehead atoms. The van der Waals surface area contributed by atoms with Crippen LogP contribution in [0, 0.1) is 5.92 Å². The number of rotatable bonds is 11. The quantitative estimate of drug-likeness (QED) is 0.229. The summed E-state index contributed by atoms with van der Waals surface area (Å²) in [6.45, 7) is 6.39. The van der Waals surface area contributed by atoms with Crippen molar-refractivity contribution in [3.05, 3.63) is 101 Å². The van der Waals surface area contributed by atoms with Gasteiger partial charge < -0.3 is 9.84 Å². The van der Waals surface area contributed by atoms with Crippen molar-refractivity contribution in [1.82, 2.24) is 5.06 Å². The van der Waals surface area contributed by atoms with Crippen LogP contribution in [0.25, 0.3) is 0 Å². The molecule has 0 amide bonds. The molecular formula is C33H41NO4. The lowest BCUT2D eigenvalue weighted by Gasteiger charge is -2.36. The molecule has 1 N–H and O–H groups in total. The fourth-order valence-corrected chi connectivity index (χ4v) is 5.50. The standard InChI is InChI=1S/C33H41NO4/c1-33(2,32(36)37-3)29-16-12-25(13-17-29)9-7-8-24-38-34-22-20-28(21-23-34)31(26-10-5-4-6-11-26)27-14-18-30(35)19-15-27/h4-6,10-19,28,31,35H,7-9,20-24H2,1-3H3/t31-/m0/s1. The SMILES string of the molecule is COC(=O)C(C)(C)c1ccc(CCCCON2CCC([C@@H](c3ccccc3)c3ccc(O)cc3)CC2)cc1. The fourth-order valence-electron chi connectivity index (χ4n) is 5.50. The van der Waals surface area contributed by atoms with Crippen LogP contribution in [0.4, 0.5) is 0 Å². The summed E-state index contributed by atoms with van der Waals surface area (Å²) >= 11 is 0. The number of nitrogens with zero attached hydrogens (tertiary/aromatic N) is 1. The summed E-state index contributed by atoms with van der Waals surface area (Å²) < 4.78 is 4.94. The number of carbonyl (C=O) groups excluding carboxylic acids is 1. The van der Waals surface area contributed by atoms with Gasteiger partial charge in [0.15, 0.2) is 0 Å². The second-order valence-corrected chi connectivity index (χ2v) is 10.9. The average Bonchev–Trinajstić information content (AvgIpc) is 2.95. The molecule has 5 heteroatoms. The van der Waals surface area contributed by atoms with Crippen LogP contribution >= 0.6 is 0 Å². The van der Waals surface area contributed by atoms with Crippen molar-refractivity contribution < 1.29 is 19.5 Å². The Morgan fingerprint density at radius 1 is 0.921 bits per heavy atom. The van der Waals surface area contributed by atoms with Gasteiger partial charge in [-0.2, -0.15) is 5.06 Å². The van der Waals surface area contributed by atoms with Gasteiger partial charge in [0.2, 0.25) is 0 Å². The van der Waals surface area contributed by atoms with Crippen molar-refractivity contribution in [3.63, 3.8) is 0 Å². The van der Waals surface area contributed by atoms with E-state index in [4.69, 9.17) is 9.57 Å². The fraction of sp³-hybridized carbons (Fsp3) is 0.424. The Bertz CT molecular complexity index is 1130. The number of phenolic OH excluding ortho intramolecular Hbond substituents is 1. The number of hydroxylamine groups is 2. The van der Waals surface area contributed by atoms with Crippen LogP contribution < -0.4 is 0 Å². The van der Waals surface area contributed by atoms with Crippen LogP contribution in [-0.4, -0.2) is 42.9 Å². The minimum Gasteiger partial charge on any atom is -0.508 e. The highest BCUT2D eigenvalue weighted by molar-refractivity contribution is 5.82. The molecule has 1 aliphatic heterocycles. The molecule has 0 saturated carbocycles. The second kappa shape index (κ2) is 13.1. The van der Waals surface area contributed by atoms with Crippen LogP contribution in [-0.2, 0) is 26.2 Å². The van der Waals surface area contributed by atoms with E-state index in [1.54, 1.807) is 12.1 Å². The van der Waals surface area contributed by atoms with Gasteiger partial charge in [-0.25, -0.2) is 0 Å². The lowest BCUT2D eigenvalue weighted by molar-refractivity contribution is -0.175. The zero-order chi connectivity index (χ0) is 27.0. The molecule has 38 heavy (non-hydrogen) atoms. The minimum absolute atomic E-state index is 0.220. The van der Waals surface area contributed by atoms with Gasteiger partial charge in [-0.15, -0.1) is 0 Å². The first-order valence-electron chi connectivity index (χ1n) is 13.8. The predicted octanol–water partition coefficient (Wildman–Crippen LogP) is 6.64. The molecule has 202 valence electrons. The van der Waals surface area contributed by atoms with Crippen LogP contribution in [0.15, 0.2) is 78.9 Å². The zero-order valence-electron chi connectivity index (χ0n) is 22.9. The van der Waals surface area contributed by atoms with E-state index in [9.17, 15) is 9.90 Å². The summed E-state index contributed by atoms with van der Waals surface area (Å²) in [5.41, 5.74) is 4.20. The summed E-state index contributed by atoms with van der Waals surface area (Å²) in [4.78, 5) is 18.2. The topological polar surface area (TPSA) is 59.0 Å². The zero-order valence-corrected chi connectivity index (χ0v) is 22.9. The Morgan fingerprint density at radius 3 is 2.18 bits per heavy atom. The molecule has 1 heterocycles. The third-order valence-corrected chi connectivity index (χ3v) is 7.89. The van der Waals surface area contributed by atoms with Gasteiger partial charge in [-0.05, 0) is 86.3 Å². The monoisotopic (exact) mass is 515 g/mol. The molecule has 4 rings (SSSR count). The number of esters is 1. The van der Waals surface area contributed by atoms with E-state index in [0.717, 1.165) is 57.4 Å². The third-order valence-electron chi connectivity index (χ3n) is 7.89. The molecule has 5 nitrogen and oxygen atoms in total. The number of carbonyl (C=O) groups is 1. The second-order valence-electron chi connectivity index (χ2n) is 10.9. The first kappa shape index (κ1) is 27.9. The van der Waals surface area contributed by atoms with E-state index >= 15 is 0 Å². The Labute approximate surface area is 227 Å². The van der Waals surface area contributed by atoms with Gasteiger partial charge in [0.05, 0.1) is 19.1 Å². The number of phenols is 1. The van der Waals surface area contributed by atoms with Crippen LogP contribution in [0.2, 0.25) is 0 Å². The van der Waals surface area contributed by atoms with E-state index in [2.05, 4.69) is 59.7 Å². The maximum absolute atomic E-state index is 12.0. The Morgan fingerprint density at radius 2 is 1.55 bits per heavy atom. The molecule has 0 aliphatic carbocycles. The minimum atomic E-state index is -0.639. The first-order chi connectivity index (χ1) is 18.4. The summed E-state index contributed by atoms with van der Waals surface area (Å²) in [5, 5.41) is 11.9. The third kappa shape index (κ3) is 7.03. The maximum atomic E-state index is 12.0. The Balaban J connectivity index is 1.21. The molecule has 1 fully saturated rings. The molecule has 1 saturated heterocycles. The lowest BCUT2D eigenvalue weighted by atomic mass is 9.76. The normalized spacial score (nSPS) is 15.8.